The van der Waals surface area contributed by atoms with Gasteiger partial charge in [-0.15, -0.1) is 0 Å². The Balaban J connectivity index is 1.96. The first-order valence-electron chi connectivity index (χ1n) is 5.75. The van der Waals surface area contributed by atoms with Crippen LogP contribution in [0.25, 0.3) is 0 Å². The molecule has 1 saturated carbocycles. The highest BCUT2D eigenvalue weighted by Crippen LogP contribution is 2.26. The van der Waals surface area contributed by atoms with Crippen LogP contribution in [-0.4, -0.2) is 16.5 Å². The quantitative estimate of drug-likeness (QED) is 0.685. The molecule has 0 bridgehead atoms. The van der Waals surface area contributed by atoms with Crippen LogP contribution >= 0.6 is 15.9 Å². The number of nitrogens with two attached hydrogens (primary N) is 1. The van der Waals surface area contributed by atoms with E-state index in [0.29, 0.717) is 5.92 Å². The first-order chi connectivity index (χ1) is 7.77. The average Bonchev–Trinajstić information content (AvgIpc) is 2.31. The van der Waals surface area contributed by atoms with Gasteiger partial charge < -0.3 is 0 Å². The van der Waals surface area contributed by atoms with Gasteiger partial charge in [-0.1, -0.05) is 19.3 Å². The molecule has 1 aromatic rings. The van der Waals surface area contributed by atoms with Gasteiger partial charge in [0.25, 0.3) is 0 Å². The van der Waals surface area contributed by atoms with Gasteiger partial charge in [0.1, 0.15) is 6.33 Å². The van der Waals surface area contributed by atoms with Crippen LogP contribution in [0.3, 0.4) is 0 Å². The molecule has 0 atom stereocenters. The minimum Gasteiger partial charge on any atom is -0.294 e. The predicted molar refractivity (Wildman–Crippen MR) is 67.8 cm³/mol. The molecule has 0 radical (unpaired) electrons. The first-order valence-corrected chi connectivity index (χ1v) is 6.54. The number of hydrogen-bond donors (Lipinski definition) is 1. The lowest BCUT2D eigenvalue weighted by molar-refractivity contribution is 0.358. The number of rotatable bonds is 3. The molecule has 2 rings (SSSR count). The normalized spacial score (nSPS) is 17.4. The maximum atomic E-state index is 6.04. The maximum Gasteiger partial charge on any atom is 0.160 e. The van der Waals surface area contributed by atoms with Crippen molar-refractivity contribution in [2.24, 2.45) is 11.8 Å². The summed E-state index contributed by atoms with van der Waals surface area (Å²) < 4.78 is 0.855. The molecule has 4 nitrogen and oxygen atoms in total. The number of nitrogens with zero attached hydrogens (tertiary/aromatic N) is 3. The van der Waals surface area contributed by atoms with Gasteiger partial charge >= 0.3 is 0 Å². The number of halogens is 1. The molecule has 16 heavy (non-hydrogen) atoms. The van der Waals surface area contributed by atoms with E-state index in [4.69, 9.17) is 5.84 Å². The third kappa shape index (κ3) is 2.92. The molecule has 2 N–H and O–H groups in total. The molecule has 0 aromatic carbocycles. The topological polar surface area (TPSA) is 55.0 Å². The van der Waals surface area contributed by atoms with Gasteiger partial charge in [0.15, 0.2) is 5.82 Å². The standard InChI is InChI=1S/C11H17BrN4/c12-10-6-14-8-15-11(10)16(13)7-9-4-2-1-3-5-9/h6,8-9H,1-5,7,13H2. The van der Waals surface area contributed by atoms with Crippen LogP contribution in [0.4, 0.5) is 5.82 Å². The van der Waals surface area contributed by atoms with Crippen LogP contribution in [0, 0.1) is 5.92 Å². The second-order valence-corrected chi connectivity index (χ2v) is 5.21. The minimum absolute atomic E-state index is 0.709. The Morgan fingerprint density at radius 3 is 2.81 bits per heavy atom. The lowest BCUT2D eigenvalue weighted by Crippen LogP contribution is -2.37. The fraction of sp³-hybridized carbons (Fsp3) is 0.636. The van der Waals surface area contributed by atoms with E-state index >= 15 is 0 Å². The molecule has 1 heterocycles. The zero-order chi connectivity index (χ0) is 11.4. The van der Waals surface area contributed by atoms with Crippen molar-refractivity contribution in [3.63, 3.8) is 0 Å². The minimum atomic E-state index is 0.709. The molecule has 0 aliphatic heterocycles. The van der Waals surface area contributed by atoms with Crippen molar-refractivity contribution >= 4 is 21.7 Å². The Bertz CT molecular complexity index is 339. The first kappa shape index (κ1) is 11.8. The smallest absolute Gasteiger partial charge is 0.160 e. The van der Waals surface area contributed by atoms with Crippen LogP contribution in [-0.2, 0) is 0 Å². The van der Waals surface area contributed by atoms with Gasteiger partial charge in [-0.25, -0.2) is 15.8 Å². The van der Waals surface area contributed by atoms with Crippen LogP contribution < -0.4 is 10.9 Å². The molecule has 5 heteroatoms. The Morgan fingerprint density at radius 1 is 1.38 bits per heavy atom. The van der Waals surface area contributed by atoms with Crippen molar-refractivity contribution in [2.45, 2.75) is 32.1 Å². The molecular weight excluding hydrogens is 268 g/mol. The van der Waals surface area contributed by atoms with Gasteiger partial charge in [0, 0.05) is 12.7 Å². The number of hydrazine groups is 1. The third-order valence-electron chi connectivity index (χ3n) is 3.10. The SMILES string of the molecule is NN(CC1CCCCC1)c1ncncc1Br. The molecule has 0 spiro atoms. The van der Waals surface area contributed by atoms with Gasteiger partial charge in [-0.3, -0.25) is 5.01 Å². The molecule has 0 unspecified atom stereocenters. The van der Waals surface area contributed by atoms with E-state index in [0.717, 1.165) is 16.8 Å². The van der Waals surface area contributed by atoms with E-state index in [1.165, 1.54) is 38.4 Å². The second-order valence-electron chi connectivity index (χ2n) is 4.35. The van der Waals surface area contributed by atoms with Gasteiger partial charge in [0.05, 0.1) is 4.47 Å². The second kappa shape index (κ2) is 5.59. The summed E-state index contributed by atoms with van der Waals surface area (Å²) in [6.07, 6.45) is 9.88. The highest BCUT2D eigenvalue weighted by Gasteiger charge is 2.17. The van der Waals surface area contributed by atoms with Gasteiger partial charge in [-0.2, -0.15) is 0 Å². The summed E-state index contributed by atoms with van der Waals surface area (Å²) in [6, 6.07) is 0. The van der Waals surface area contributed by atoms with Crippen molar-refractivity contribution in [3.05, 3.63) is 17.0 Å². The Kier molecular flexibility index (Phi) is 4.12. The third-order valence-corrected chi connectivity index (χ3v) is 3.66. The van der Waals surface area contributed by atoms with E-state index in [1.54, 1.807) is 11.2 Å². The molecule has 1 fully saturated rings. The Labute approximate surface area is 104 Å². The molecule has 1 aliphatic carbocycles. The largest absolute Gasteiger partial charge is 0.294 e. The zero-order valence-electron chi connectivity index (χ0n) is 9.27. The van der Waals surface area contributed by atoms with E-state index in [-0.39, 0.29) is 0 Å². The number of hydrogen-bond acceptors (Lipinski definition) is 4. The maximum absolute atomic E-state index is 6.04. The predicted octanol–water partition coefficient (Wildman–Crippen LogP) is 2.50. The Hall–Kier alpha value is -0.680. The summed E-state index contributed by atoms with van der Waals surface area (Å²) in [5, 5.41) is 1.74. The fourth-order valence-electron chi connectivity index (χ4n) is 2.25. The molecule has 0 saturated heterocycles. The summed E-state index contributed by atoms with van der Waals surface area (Å²) in [5.41, 5.74) is 0. The molecule has 1 aromatic heterocycles. The zero-order valence-corrected chi connectivity index (χ0v) is 10.9. The van der Waals surface area contributed by atoms with Crippen molar-refractivity contribution < 1.29 is 0 Å². The van der Waals surface area contributed by atoms with Crippen molar-refractivity contribution in [1.82, 2.24) is 9.97 Å². The van der Waals surface area contributed by atoms with E-state index < -0.39 is 0 Å². The van der Waals surface area contributed by atoms with Crippen molar-refractivity contribution in [3.8, 4) is 0 Å². The van der Waals surface area contributed by atoms with E-state index in [2.05, 4.69) is 25.9 Å². The molecule has 0 amide bonds. The van der Waals surface area contributed by atoms with Gasteiger partial charge in [0.2, 0.25) is 0 Å². The van der Waals surface area contributed by atoms with Crippen LogP contribution in [0.2, 0.25) is 0 Å². The van der Waals surface area contributed by atoms with Crippen molar-refractivity contribution in [1.29, 1.82) is 0 Å². The lowest BCUT2D eigenvalue weighted by atomic mass is 9.89. The van der Waals surface area contributed by atoms with Crippen LogP contribution in [0.15, 0.2) is 17.0 Å². The van der Waals surface area contributed by atoms with E-state index in [9.17, 15) is 0 Å². The summed E-state index contributed by atoms with van der Waals surface area (Å²) in [5.74, 6) is 7.53. The van der Waals surface area contributed by atoms with Crippen LogP contribution in [0.5, 0.6) is 0 Å². The molecule has 88 valence electrons. The lowest BCUT2D eigenvalue weighted by Gasteiger charge is -2.27. The molecule has 1 aliphatic rings. The summed E-state index contributed by atoms with van der Waals surface area (Å²) in [6.45, 7) is 0.885. The Morgan fingerprint density at radius 2 is 2.12 bits per heavy atom. The monoisotopic (exact) mass is 284 g/mol. The summed E-state index contributed by atoms with van der Waals surface area (Å²) in [7, 11) is 0. The summed E-state index contributed by atoms with van der Waals surface area (Å²) >= 11 is 3.42. The van der Waals surface area contributed by atoms with Crippen molar-refractivity contribution in [2.75, 3.05) is 11.6 Å². The fourth-order valence-corrected chi connectivity index (χ4v) is 2.70. The van der Waals surface area contributed by atoms with Crippen LogP contribution in [0.1, 0.15) is 32.1 Å². The van der Waals surface area contributed by atoms with E-state index in [1.807, 2.05) is 0 Å². The highest BCUT2D eigenvalue weighted by molar-refractivity contribution is 9.10. The van der Waals surface area contributed by atoms with Gasteiger partial charge in [-0.05, 0) is 34.7 Å². The summed E-state index contributed by atoms with van der Waals surface area (Å²) in [4.78, 5) is 8.12. The molecular formula is C11H17BrN4. The number of aromatic nitrogens is 2. The average molecular weight is 285 g/mol. The highest BCUT2D eigenvalue weighted by atomic mass is 79.9. The number of anilines is 1.